The van der Waals surface area contributed by atoms with Crippen molar-refractivity contribution in [1.82, 2.24) is 15.1 Å². The minimum absolute atomic E-state index is 0. The molecule has 2 saturated heterocycles. The molecule has 6 heteroatoms. The predicted octanol–water partition coefficient (Wildman–Crippen LogP) is 3.37. The lowest BCUT2D eigenvalue weighted by molar-refractivity contribution is -0.134. The van der Waals surface area contributed by atoms with E-state index in [0.29, 0.717) is 23.9 Å². The molecular formula is C20H32ClN3OS. The summed E-state index contributed by atoms with van der Waals surface area (Å²) in [5.41, 5.74) is 1.85. The molecule has 26 heavy (non-hydrogen) atoms. The molecule has 4 rings (SSSR count). The van der Waals surface area contributed by atoms with Gasteiger partial charge in [0.15, 0.2) is 0 Å². The standard InChI is InChI=1S/C20H31N3OS.ClH/c1-16-2-9-22(10-3-16)19(24)14-23(13-17-4-11-25-15-17)18-12-20(18)5-7-21-8-6-20;/h4,11,15-16,18,21H,2-3,5-10,12-14H2,1H3;1H. The van der Waals surface area contributed by atoms with Gasteiger partial charge in [-0.15, -0.1) is 12.4 Å². The van der Waals surface area contributed by atoms with E-state index in [0.717, 1.165) is 51.5 Å². The topological polar surface area (TPSA) is 35.6 Å². The number of piperidine rings is 2. The van der Waals surface area contributed by atoms with E-state index in [1.54, 1.807) is 11.3 Å². The van der Waals surface area contributed by atoms with Crippen molar-refractivity contribution in [2.45, 2.75) is 51.6 Å². The van der Waals surface area contributed by atoms with Crippen molar-refractivity contribution >= 4 is 29.7 Å². The average molecular weight is 398 g/mol. The van der Waals surface area contributed by atoms with Gasteiger partial charge >= 0.3 is 0 Å². The summed E-state index contributed by atoms with van der Waals surface area (Å²) < 4.78 is 0. The lowest BCUT2D eigenvalue weighted by atomic mass is 9.93. The molecule has 3 fully saturated rings. The Morgan fingerprint density at radius 1 is 1.35 bits per heavy atom. The van der Waals surface area contributed by atoms with Gasteiger partial charge in [-0.3, -0.25) is 9.69 Å². The molecule has 1 saturated carbocycles. The molecule has 3 aliphatic rings. The van der Waals surface area contributed by atoms with Crippen LogP contribution in [0.4, 0.5) is 0 Å². The van der Waals surface area contributed by atoms with Crippen LogP contribution in [0.15, 0.2) is 16.8 Å². The van der Waals surface area contributed by atoms with Crippen molar-refractivity contribution in [2.75, 3.05) is 32.7 Å². The monoisotopic (exact) mass is 397 g/mol. The van der Waals surface area contributed by atoms with Crippen molar-refractivity contribution in [3.8, 4) is 0 Å². The number of rotatable bonds is 5. The molecular weight excluding hydrogens is 366 g/mol. The number of likely N-dealkylation sites (tertiary alicyclic amines) is 1. The highest BCUT2D eigenvalue weighted by atomic mass is 35.5. The van der Waals surface area contributed by atoms with E-state index in [-0.39, 0.29) is 12.4 Å². The Morgan fingerprint density at radius 3 is 2.73 bits per heavy atom. The minimum atomic E-state index is 0. The third-order valence-electron chi connectivity index (χ3n) is 6.63. The van der Waals surface area contributed by atoms with Gasteiger partial charge in [-0.25, -0.2) is 0 Å². The zero-order valence-corrected chi connectivity index (χ0v) is 17.4. The highest BCUT2D eigenvalue weighted by Crippen LogP contribution is 2.56. The Morgan fingerprint density at radius 2 is 2.08 bits per heavy atom. The van der Waals surface area contributed by atoms with E-state index < -0.39 is 0 Å². The summed E-state index contributed by atoms with van der Waals surface area (Å²) in [4.78, 5) is 17.5. The second-order valence-electron chi connectivity index (χ2n) is 8.43. The zero-order valence-electron chi connectivity index (χ0n) is 15.8. The fraction of sp³-hybridized carbons (Fsp3) is 0.750. The van der Waals surface area contributed by atoms with Gasteiger partial charge in [-0.2, -0.15) is 11.3 Å². The number of carbonyl (C=O) groups excluding carboxylic acids is 1. The van der Waals surface area contributed by atoms with Crippen LogP contribution in [0.5, 0.6) is 0 Å². The summed E-state index contributed by atoms with van der Waals surface area (Å²) in [5.74, 6) is 1.12. The van der Waals surface area contributed by atoms with Crippen LogP contribution < -0.4 is 5.32 Å². The van der Waals surface area contributed by atoms with Crippen LogP contribution in [0.25, 0.3) is 0 Å². The van der Waals surface area contributed by atoms with Crippen LogP contribution in [-0.2, 0) is 11.3 Å². The van der Waals surface area contributed by atoms with Crippen LogP contribution in [-0.4, -0.2) is 54.5 Å². The fourth-order valence-electron chi connectivity index (χ4n) is 4.73. The predicted molar refractivity (Wildman–Crippen MR) is 110 cm³/mol. The van der Waals surface area contributed by atoms with E-state index in [9.17, 15) is 4.79 Å². The first-order chi connectivity index (χ1) is 12.2. The number of hydrogen-bond acceptors (Lipinski definition) is 4. The molecule has 3 heterocycles. The SMILES string of the molecule is CC1CCN(C(=O)CN(Cc2ccsc2)C2CC23CCNCC3)CC1.Cl. The van der Waals surface area contributed by atoms with Gasteiger partial charge in [0.2, 0.25) is 5.91 Å². The molecule has 1 spiro atoms. The summed E-state index contributed by atoms with van der Waals surface area (Å²) in [6, 6.07) is 2.81. The number of hydrogen-bond donors (Lipinski definition) is 1. The number of halogens is 1. The van der Waals surface area contributed by atoms with Gasteiger partial charge in [-0.05, 0) is 78.9 Å². The van der Waals surface area contributed by atoms with E-state index in [1.165, 1.54) is 24.8 Å². The Hall–Kier alpha value is -0.620. The molecule has 0 aromatic carbocycles. The molecule has 2 aliphatic heterocycles. The Bertz CT molecular complexity index is 580. The van der Waals surface area contributed by atoms with Gasteiger partial charge in [0.1, 0.15) is 0 Å². The molecule has 1 aromatic heterocycles. The maximum absolute atomic E-state index is 12.9. The first kappa shape index (κ1) is 20.1. The molecule has 1 N–H and O–H groups in total. The van der Waals surface area contributed by atoms with Crippen molar-refractivity contribution in [1.29, 1.82) is 0 Å². The van der Waals surface area contributed by atoms with Crippen LogP contribution >= 0.6 is 23.7 Å². The Kier molecular flexibility index (Phi) is 6.65. The Labute approximate surface area is 167 Å². The summed E-state index contributed by atoms with van der Waals surface area (Å²) in [5, 5.41) is 7.87. The third kappa shape index (κ3) is 4.44. The highest BCUT2D eigenvalue weighted by molar-refractivity contribution is 7.07. The zero-order chi connectivity index (χ0) is 17.3. The molecule has 1 aromatic rings. The number of amides is 1. The quantitative estimate of drug-likeness (QED) is 0.827. The second kappa shape index (κ2) is 8.59. The van der Waals surface area contributed by atoms with E-state index in [1.807, 2.05) is 0 Å². The summed E-state index contributed by atoms with van der Waals surface area (Å²) in [7, 11) is 0. The third-order valence-corrected chi connectivity index (χ3v) is 7.36. The number of nitrogens with one attached hydrogen (secondary N) is 1. The maximum Gasteiger partial charge on any atom is 0.236 e. The number of thiophene rings is 1. The summed E-state index contributed by atoms with van der Waals surface area (Å²) >= 11 is 1.76. The first-order valence-corrected chi connectivity index (χ1v) is 10.8. The molecule has 1 unspecified atom stereocenters. The molecule has 0 radical (unpaired) electrons. The largest absolute Gasteiger partial charge is 0.342 e. The minimum Gasteiger partial charge on any atom is -0.342 e. The van der Waals surface area contributed by atoms with Crippen LogP contribution in [0.1, 0.15) is 44.6 Å². The highest BCUT2D eigenvalue weighted by Gasteiger charge is 2.56. The lowest BCUT2D eigenvalue weighted by Gasteiger charge is -2.34. The molecule has 4 nitrogen and oxygen atoms in total. The van der Waals surface area contributed by atoms with Crippen molar-refractivity contribution in [3.63, 3.8) is 0 Å². The van der Waals surface area contributed by atoms with Crippen LogP contribution in [0.2, 0.25) is 0 Å². The van der Waals surface area contributed by atoms with E-state index in [2.05, 4.69) is 38.9 Å². The van der Waals surface area contributed by atoms with Crippen molar-refractivity contribution in [2.24, 2.45) is 11.3 Å². The van der Waals surface area contributed by atoms with E-state index in [4.69, 9.17) is 0 Å². The number of nitrogens with zero attached hydrogens (tertiary/aromatic N) is 2. The van der Waals surface area contributed by atoms with Gasteiger partial charge in [0.05, 0.1) is 6.54 Å². The smallest absolute Gasteiger partial charge is 0.236 e. The van der Waals surface area contributed by atoms with Crippen molar-refractivity contribution < 1.29 is 4.79 Å². The average Bonchev–Trinajstić information content (AvgIpc) is 3.05. The molecule has 0 bridgehead atoms. The molecule has 1 atom stereocenters. The summed E-state index contributed by atoms with van der Waals surface area (Å²) in [6.07, 6.45) is 6.15. The normalized spacial score (nSPS) is 25.3. The van der Waals surface area contributed by atoms with Gasteiger partial charge in [0, 0.05) is 25.7 Å². The second-order valence-corrected chi connectivity index (χ2v) is 9.21. The first-order valence-electron chi connectivity index (χ1n) is 9.90. The maximum atomic E-state index is 12.9. The van der Waals surface area contributed by atoms with E-state index >= 15 is 0 Å². The van der Waals surface area contributed by atoms with Gasteiger partial charge in [-0.1, -0.05) is 6.92 Å². The van der Waals surface area contributed by atoms with Gasteiger partial charge < -0.3 is 10.2 Å². The molecule has 1 aliphatic carbocycles. The number of carbonyl (C=O) groups is 1. The molecule has 1 amide bonds. The fourth-order valence-corrected chi connectivity index (χ4v) is 5.39. The van der Waals surface area contributed by atoms with Crippen LogP contribution in [0, 0.1) is 11.3 Å². The van der Waals surface area contributed by atoms with Gasteiger partial charge in [0.25, 0.3) is 0 Å². The van der Waals surface area contributed by atoms with Crippen LogP contribution in [0.3, 0.4) is 0 Å². The summed E-state index contributed by atoms with van der Waals surface area (Å²) in [6.45, 7) is 8.01. The lowest BCUT2D eigenvalue weighted by Crippen LogP contribution is -2.45. The van der Waals surface area contributed by atoms with Crippen molar-refractivity contribution in [3.05, 3.63) is 22.4 Å². The molecule has 146 valence electrons. The Balaban J connectivity index is 0.00000196.